The van der Waals surface area contributed by atoms with Crippen LogP contribution in [0.4, 0.5) is 0 Å². The fraction of sp³-hybridized carbons (Fsp3) is 0. The van der Waals surface area contributed by atoms with E-state index in [4.69, 9.17) is 4.42 Å². The number of rotatable bonds is 2. The van der Waals surface area contributed by atoms with Crippen molar-refractivity contribution in [3.63, 3.8) is 0 Å². The van der Waals surface area contributed by atoms with E-state index in [1.807, 2.05) is 0 Å². The van der Waals surface area contributed by atoms with Crippen LogP contribution < -0.4 is 0 Å². The first-order valence-electron chi connectivity index (χ1n) is 14.7. The van der Waals surface area contributed by atoms with Gasteiger partial charge in [0, 0.05) is 10.8 Å². The maximum absolute atomic E-state index is 6.35. The Labute approximate surface area is 248 Å². The molecule has 0 amide bonds. The first-order valence-corrected chi connectivity index (χ1v) is 14.7. The van der Waals surface area contributed by atoms with Crippen LogP contribution in [0.5, 0.6) is 0 Å². The molecule has 0 spiro atoms. The molecule has 4 bridgehead atoms. The molecule has 200 valence electrons. The highest BCUT2D eigenvalue weighted by atomic mass is 16.3. The second-order valence-corrected chi connectivity index (χ2v) is 11.4. The number of furan rings is 1. The second kappa shape index (κ2) is 9.44. The average molecular weight is 547 g/mol. The number of fused-ring (bicyclic) bond motifs is 10. The van der Waals surface area contributed by atoms with Gasteiger partial charge in [-0.05, 0) is 108 Å². The van der Waals surface area contributed by atoms with Gasteiger partial charge in [-0.15, -0.1) is 0 Å². The summed E-state index contributed by atoms with van der Waals surface area (Å²) < 4.78 is 6.35. The van der Waals surface area contributed by atoms with Crippen LogP contribution in [0.3, 0.4) is 0 Å². The van der Waals surface area contributed by atoms with E-state index >= 15 is 0 Å². The molecule has 0 aliphatic carbocycles. The summed E-state index contributed by atoms with van der Waals surface area (Å²) in [4.78, 5) is 0. The number of benzene rings is 7. The third-order valence-electron chi connectivity index (χ3n) is 8.77. The Morgan fingerprint density at radius 1 is 0.302 bits per heavy atom. The van der Waals surface area contributed by atoms with Crippen molar-refractivity contribution < 1.29 is 4.42 Å². The van der Waals surface area contributed by atoms with Gasteiger partial charge in [0.25, 0.3) is 0 Å². The van der Waals surface area contributed by atoms with Gasteiger partial charge in [-0.3, -0.25) is 0 Å². The van der Waals surface area contributed by atoms with Gasteiger partial charge >= 0.3 is 0 Å². The summed E-state index contributed by atoms with van der Waals surface area (Å²) in [5.41, 5.74) is 6.63. The van der Waals surface area contributed by atoms with Crippen LogP contribution in [0.15, 0.2) is 162 Å². The zero-order valence-electron chi connectivity index (χ0n) is 23.4. The van der Waals surface area contributed by atoms with Crippen molar-refractivity contribution in [3.8, 4) is 22.3 Å². The molecule has 0 unspecified atom stereocenters. The molecule has 9 rings (SSSR count). The van der Waals surface area contributed by atoms with Crippen molar-refractivity contribution in [2.75, 3.05) is 0 Å². The fourth-order valence-electron chi connectivity index (χ4n) is 6.64. The maximum atomic E-state index is 6.35. The Kier molecular flexibility index (Phi) is 5.27. The first kappa shape index (κ1) is 24.0. The molecule has 0 saturated carbocycles. The van der Waals surface area contributed by atoms with E-state index in [1.54, 1.807) is 0 Å². The lowest BCUT2D eigenvalue weighted by Gasteiger charge is -2.11. The van der Waals surface area contributed by atoms with Crippen molar-refractivity contribution in [1.82, 2.24) is 0 Å². The van der Waals surface area contributed by atoms with Gasteiger partial charge in [0.1, 0.15) is 11.2 Å². The van der Waals surface area contributed by atoms with Crippen molar-refractivity contribution in [2.45, 2.75) is 0 Å². The van der Waals surface area contributed by atoms with Crippen molar-refractivity contribution in [1.29, 1.82) is 0 Å². The SMILES string of the molecule is c1cc2ccc3ccc(-c4ccc5oc6ccc(-c7cc8ccccc8c8ccccc78)cc6c5c4)c(ccc(c1)c2)c3. The molecule has 9 aromatic rings. The Morgan fingerprint density at radius 2 is 0.907 bits per heavy atom. The van der Waals surface area contributed by atoms with E-state index in [9.17, 15) is 0 Å². The summed E-state index contributed by atoms with van der Waals surface area (Å²) in [7, 11) is 0. The minimum absolute atomic E-state index is 0.905. The van der Waals surface area contributed by atoms with Gasteiger partial charge in [0.2, 0.25) is 0 Å². The molecule has 0 radical (unpaired) electrons. The summed E-state index contributed by atoms with van der Waals surface area (Å²) in [5, 5.41) is 12.1. The second-order valence-electron chi connectivity index (χ2n) is 11.4. The lowest BCUT2D eigenvalue weighted by Crippen LogP contribution is -1.84. The van der Waals surface area contributed by atoms with Crippen LogP contribution in [0.25, 0.3) is 87.3 Å². The summed E-state index contributed by atoms with van der Waals surface area (Å²) in [6.45, 7) is 0. The topological polar surface area (TPSA) is 13.1 Å². The summed E-state index contributed by atoms with van der Waals surface area (Å²) >= 11 is 0. The molecule has 1 aromatic heterocycles. The summed E-state index contributed by atoms with van der Waals surface area (Å²) in [5.74, 6) is 0. The Morgan fingerprint density at radius 3 is 1.67 bits per heavy atom. The van der Waals surface area contributed by atoms with Crippen LogP contribution in [0, 0.1) is 0 Å². The normalized spacial score (nSPS) is 11.7. The predicted octanol–water partition coefficient (Wildman–Crippen LogP) is 12.1. The van der Waals surface area contributed by atoms with Crippen LogP contribution in [0.2, 0.25) is 0 Å². The predicted molar refractivity (Wildman–Crippen MR) is 183 cm³/mol. The monoisotopic (exact) mass is 546 g/mol. The van der Waals surface area contributed by atoms with Crippen LogP contribution in [0.1, 0.15) is 0 Å². The minimum atomic E-state index is 0.905. The zero-order valence-corrected chi connectivity index (χ0v) is 23.4. The molecular formula is C42H26O. The van der Waals surface area contributed by atoms with Gasteiger partial charge in [-0.1, -0.05) is 115 Å². The fourth-order valence-corrected chi connectivity index (χ4v) is 6.64. The van der Waals surface area contributed by atoms with Gasteiger partial charge in [0.05, 0.1) is 0 Å². The Hall–Kier alpha value is -5.66. The quantitative estimate of drug-likeness (QED) is 0.197. The molecule has 1 nitrogen and oxygen atoms in total. The molecule has 1 heteroatoms. The highest BCUT2D eigenvalue weighted by Crippen LogP contribution is 2.39. The highest BCUT2D eigenvalue weighted by molar-refractivity contribution is 6.15. The van der Waals surface area contributed by atoms with Crippen molar-refractivity contribution >= 4 is 65.0 Å². The van der Waals surface area contributed by atoms with E-state index in [1.165, 1.54) is 65.3 Å². The minimum Gasteiger partial charge on any atom is -0.456 e. The van der Waals surface area contributed by atoms with Gasteiger partial charge < -0.3 is 4.42 Å². The van der Waals surface area contributed by atoms with E-state index in [0.29, 0.717) is 0 Å². The largest absolute Gasteiger partial charge is 0.456 e. The molecule has 0 saturated heterocycles. The molecule has 8 aromatic carbocycles. The highest BCUT2D eigenvalue weighted by Gasteiger charge is 2.13. The van der Waals surface area contributed by atoms with Crippen LogP contribution in [-0.4, -0.2) is 0 Å². The van der Waals surface area contributed by atoms with E-state index in [0.717, 1.165) is 21.9 Å². The average Bonchev–Trinajstić information content (AvgIpc) is 3.43. The van der Waals surface area contributed by atoms with Gasteiger partial charge in [0.15, 0.2) is 0 Å². The third kappa shape index (κ3) is 4.01. The lowest BCUT2D eigenvalue weighted by atomic mass is 9.92. The van der Waals surface area contributed by atoms with E-state index in [-0.39, 0.29) is 0 Å². The molecule has 0 aliphatic rings. The zero-order chi connectivity index (χ0) is 28.3. The lowest BCUT2D eigenvalue weighted by molar-refractivity contribution is 0.669. The standard InChI is InChI=1S/C42H26O/c1-2-9-35-30(8-1)24-38(37-11-4-3-10-36(35)37)33-18-21-42-40(26-33)39-25-32(17-20-41(39)43-42)34-19-15-29-13-12-27-6-5-7-28(22-27)14-16-31(34)23-29/h1-26H. The molecular weight excluding hydrogens is 520 g/mol. The third-order valence-corrected chi connectivity index (χ3v) is 8.77. The molecule has 0 fully saturated rings. The van der Waals surface area contributed by atoms with Crippen LogP contribution in [-0.2, 0) is 0 Å². The van der Waals surface area contributed by atoms with Crippen LogP contribution >= 0.6 is 0 Å². The first-order chi connectivity index (χ1) is 21.3. The van der Waals surface area contributed by atoms with Gasteiger partial charge in [-0.2, -0.15) is 0 Å². The summed E-state index contributed by atoms with van der Waals surface area (Å²) in [6, 6.07) is 57.0. The van der Waals surface area contributed by atoms with Crippen molar-refractivity contribution in [2.24, 2.45) is 0 Å². The molecule has 0 N–H and O–H groups in total. The molecule has 0 atom stereocenters. The van der Waals surface area contributed by atoms with Gasteiger partial charge in [-0.25, -0.2) is 0 Å². The Bertz CT molecular complexity index is 2570. The van der Waals surface area contributed by atoms with E-state index in [2.05, 4.69) is 158 Å². The smallest absolute Gasteiger partial charge is 0.135 e. The van der Waals surface area contributed by atoms with E-state index < -0.39 is 0 Å². The number of hydrogen-bond acceptors (Lipinski definition) is 1. The Balaban J connectivity index is 1.24. The number of hydrogen-bond donors (Lipinski definition) is 0. The summed E-state index contributed by atoms with van der Waals surface area (Å²) in [6.07, 6.45) is 0. The maximum Gasteiger partial charge on any atom is 0.135 e. The van der Waals surface area contributed by atoms with Crippen molar-refractivity contribution in [3.05, 3.63) is 158 Å². The molecule has 0 aliphatic heterocycles. The molecule has 43 heavy (non-hydrogen) atoms. The molecule has 1 heterocycles.